The molecule has 0 saturated heterocycles. The molecule has 0 amide bonds. The van der Waals surface area contributed by atoms with E-state index in [9.17, 15) is 9.59 Å². The van der Waals surface area contributed by atoms with Crippen molar-refractivity contribution < 1.29 is 19.1 Å². The highest BCUT2D eigenvalue weighted by Crippen LogP contribution is 2.30. The number of nitrogens with zero attached hydrogens (tertiary/aromatic N) is 1. The highest BCUT2D eigenvalue weighted by Gasteiger charge is 2.31. The number of likely N-dealkylation sites (N-methyl/N-ethyl adjacent to an activating group) is 1. The number of ether oxygens (including phenoxy) is 2. The second kappa shape index (κ2) is 8.99. The molecule has 2 aromatic rings. The van der Waals surface area contributed by atoms with E-state index in [2.05, 4.69) is 9.88 Å². The maximum absolute atomic E-state index is 12.5. The van der Waals surface area contributed by atoms with Crippen LogP contribution < -0.4 is 4.74 Å². The summed E-state index contributed by atoms with van der Waals surface area (Å²) in [6, 6.07) is 5.66. The van der Waals surface area contributed by atoms with Gasteiger partial charge in [-0.05, 0) is 79.3 Å². The van der Waals surface area contributed by atoms with Crippen LogP contribution in [0, 0.1) is 5.41 Å². The Labute approximate surface area is 173 Å². The fourth-order valence-corrected chi connectivity index (χ4v) is 2.88. The van der Waals surface area contributed by atoms with Crippen LogP contribution in [0.3, 0.4) is 0 Å². The summed E-state index contributed by atoms with van der Waals surface area (Å²) in [6.45, 7) is 9.97. The number of aromatic amines is 1. The largest absolute Gasteiger partial charge is 0.459 e. The zero-order valence-corrected chi connectivity index (χ0v) is 18.7. The summed E-state index contributed by atoms with van der Waals surface area (Å²) in [5.41, 5.74) is 0.755. The number of hydrogen-bond donors (Lipinski definition) is 1. The Kier molecular flexibility index (Phi) is 7.11. The lowest BCUT2D eigenvalue weighted by molar-refractivity contribution is -0.167. The van der Waals surface area contributed by atoms with Gasteiger partial charge in [-0.25, -0.2) is 0 Å². The first kappa shape index (κ1) is 22.9. The van der Waals surface area contributed by atoms with Gasteiger partial charge >= 0.3 is 11.9 Å². The van der Waals surface area contributed by atoms with Crippen LogP contribution in [0.1, 0.15) is 53.0 Å². The third kappa shape index (κ3) is 6.60. The van der Waals surface area contributed by atoms with Crippen LogP contribution in [0.4, 0.5) is 0 Å². The molecule has 6 heteroatoms. The monoisotopic (exact) mass is 402 g/mol. The highest BCUT2D eigenvalue weighted by molar-refractivity contribution is 5.91. The lowest BCUT2D eigenvalue weighted by atomic mass is 9.96. The van der Waals surface area contributed by atoms with Gasteiger partial charge in [-0.2, -0.15) is 0 Å². The smallest absolute Gasteiger partial charge is 0.311 e. The Balaban J connectivity index is 2.04. The maximum atomic E-state index is 12.5. The minimum absolute atomic E-state index is 0.165. The number of H-pyrrole nitrogens is 1. The summed E-state index contributed by atoms with van der Waals surface area (Å²) in [4.78, 5) is 30.0. The molecule has 0 radical (unpaired) electrons. The Morgan fingerprint density at radius 2 is 1.79 bits per heavy atom. The molecule has 1 heterocycles. The molecule has 2 rings (SSSR count). The van der Waals surface area contributed by atoms with E-state index in [1.54, 1.807) is 0 Å². The van der Waals surface area contributed by atoms with Crippen LogP contribution in [-0.2, 0) is 20.7 Å². The molecule has 0 unspecified atom stereocenters. The van der Waals surface area contributed by atoms with Crippen LogP contribution in [0.25, 0.3) is 10.9 Å². The fourth-order valence-electron chi connectivity index (χ4n) is 2.88. The fraction of sp³-hybridized carbons (Fsp3) is 0.565. The summed E-state index contributed by atoms with van der Waals surface area (Å²) in [5.74, 6) is -0.0531. The van der Waals surface area contributed by atoms with E-state index >= 15 is 0 Å². The van der Waals surface area contributed by atoms with E-state index in [1.807, 2.05) is 73.1 Å². The average molecular weight is 403 g/mol. The molecule has 0 atom stereocenters. The summed E-state index contributed by atoms with van der Waals surface area (Å²) < 4.78 is 11.3. The Hall–Kier alpha value is -2.34. The molecule has 29 heavy (non-hydrogen) atoms. The Morgan fingerprint density at radius 1 is 1.10 bits per heavy atom. The molecule has 0 aliphatic heterocycles. The summed E-state index contributed by atoms with van der Waals surface area (Å²) in [7, 11) is 4.06. The average Bonchev–Trinajstić information content (AvgIpc) is 3.01. The van der Waals surface area contributed by atoms with Gasteiger partial charge in [0.2, 0.25) is 0 Å². The molecule has 6 nitrogen and oxygen atoms in total. The van der Waals surface area contributed by atoms with Crippen LogP contribution >= 0.6 is 0 Å². The summed E-state index contributed by atoms with van der Waals surface area (Å²) >= 11 is 0. The zero-order valence-electron chi connectivity index (χ0n) is 18.7. The van der Waals surface area contributed by atoms with E-state index in [4.69, 9.17) is 9.47 Å². The number of aromatic nitrogens is 1. The number of rotatable bonds is 8. The van der Waals surface area contributed by atoms with Crippen molar-refractivity contribution in [3.63, 3.8) is 0 Å². The third-order valence-electron chi connectivity index (χ3n) is 4.71. The van der Waals surface area contributed by atoms with Crippen molar-refractivity contribution in [3.8, 4) is 5.75 Å². The SMILES string of the molecule is CN(C)CCc1c[nH]c2cccc(OC(=O)CCC(C)(C)OC(=O)C(C)(C)C)c12. The molecule has 0 spiro atoms. The predicted octanol–water partition coefficient (Wildman–Crippen LogP) is 4.33. The molecule has 1 aromatic heterocycles. The van der Waals surface area contributed by atoms with Crippen molar-refractivity contribution in [1.82, 2.24) is 9.88 Å². The number of fused-ring (bicyclic) bond motifs is 1. The normalized spacial score (nSPS) is 12.4. The molecule has 1 N–H and O–H groups in total. The number of carbonyl (C=O) groups excluding carboxylic acids is 2. The lowest BCUT2D eigenvalue weighted by Gasteiger charge is -2.29. The number of carbonyl (C=O) groups is 2. The first-order valence-electron chi connectivity index (χ1n) is 10.1. The number of benzene rings is 1. The van der Waals surface area contributed by atoms with Gasteiger partial charge in [-0.1, -0.05) is 6.07 Å². The highest BCUT2D eigenvalue weighted by atomic mass is 16.6. The van der Waals surface area contributed by atoms with Crippen molar-refractivity contribution in [2.24, 2.45) is 5.41 Å². The summed E-state index contributed by atoms with van der Waals surface area (Å²) in [5, 5.41) is 0.945. The summed E-state index contributed by atoms with van der Waals surface area (Å²) in [6.07, 6.45) is 3.39. The molecule has 0 bridgehead atoms. The minimum atomic E-state index is -0.736. The van der Waals surface area contributed by atoms with Gasteiger partial charge in [-0.15, -0.1) is 0 Å². The lowest BCUT2D eigenvalue weighted by Crippen LogP contribution is -2.35. The Bertz CT molecular complexity index is 859. The van der Waals surface area contributed by atoms with Crippen LogP contribution in [0.5, 0.6) is 5.75 Å². The van der Waals surface area contributed by atoms with Gasteiger partial charge < -0.3 is 19.4 Å². The topological polar surface area (TPSA) is 71.6 Å². The van der Waals surface area contributed by atoms with Gasteiger partial charge in [0.1, 0.15) is 11.4 Å². The molecule has 1 aromatic carbocycles. The van der Waals surface area contributed by atoms with E-state index < -0.39 is 11.0 Å². The number of hydrogen-bond acceptors (Lipinski definition) is 5. The molecular weight excluding hydrogens is 368 g/mol. The maximum Gasteiger partial charge on any atom is 0.311 e. The van der Waals surface area contributed by atoms with Crippen LogP contribution in [0.2, 0.25) is 0 Å². The van der Waals surface area contributed by atoms with Crippen molar-refractivity contribution in [3.05, 3.63) is 30.0 Å². The second-order valence-electron chi connectivity index (χ2n) is 9.42. The molecule has 0 saturated carbocycles. The van der Waals surface area contributed by atoms with Crippen molar-refractivity contribution in [1.29, 1.82) is 0 Å². The standard InChI is InChI=1S/C23H34N2O4/c1-22(2,3)21(27)29-23(4,5)13-11-19(26)28-18-10-8-9-17-20(18)16(15-24-17)12-14-25(6)7/h8-10,15,24H,11-14H2,1-7H3. The van der Waals surface area contributed by atoms with Gasteiger partial charge in [-0.3, -0.25) is 9.59 Å². The molecule has 0 fully saturated rings. The molecular formula is C23H34N2O4. The predicted molar refractivity (Wildman–Crippen MR) is 115 cm³/mol. The van der Waals surface area contributed by atoms with Crippen LogP contribution in [-0.4, -0.2) is 48.1 Å². The molecule has 0 aliphatic rings. The number of nitrogens with one attached hydrogen (secondary N) is 1. The van der Waals surface area contributed by atoms with Gasteiger partial charge in [0.05, 0.1) is 5.41 Å². The minimum Gasteiger partial charge on any atom is -0.459 e. The van der Waals surface area contributed by atoms with Gasteiger partial charge in [0, 0.05) is 30.1 Å². The van der Waals surface area contributed by atoms with Crippen molar-refractivity contribution in [2.75, 3.05) is 20.6 Å². The Morgan fingerprint density at radius 3 is 2.41 bits per heavy atom. The first-order chi connectivity index (χ1) is 13.4. The van der Waals surface area contributed by atoms with E-state index in [1.165, 1.54) is 0 Å². The van der Waals surface area contributed by atoms with Crippen molar-refractivity contribution >= 4 is 22.8 Å². The molecule has 160 valence electrons. The zero-order chi connectivity index (χ0) is 21.8. The van der Waals surface area contributed by atoms with Crippen LogP contribution in [0.15, 0.2) is 24.4 Å². The number of esters is 2. The van der Waals surface area contributed by atoms with E-state index in [0.29, 0.717) is 12.2 Å². The molecule has 0 aliphatic carbocycles. The van der Waals surface area contributed by atoms with Crippen molar-refractivity contribution in [2.45, 2.75) is 59.5 Å². The first-order valence-corrected chi connectivity index (χ1v) is 10.1. The second-order valence-corrected chi connectivity index (χ2v) is 9.42. The van der Waals surface area contributed by atoms with Gasteiger partial charge in [0.15, 0.2) is 0 Å². The van der Waals surface area contributed by atoms with E-state index in [0.717, 1.165) is 29.4 Å². The van der Waals surface area contributed by atoms with Gasteiger partial charge in [0.25, 0.3) is 0 Å². The van der Waals surface area contributed by atoms with E-state index in [-0.39, 0.29) is 18.4 Å². The quantitative estimate of drug-likeness (QED) is 0.526. The third-order valence-corrected chi connectivity index (χ3v) is 4.71.